The lowest BCUT2D eigenvalue weighted by atomic mass is 10.0. The van der Waals surface area contributed by atoms with E-state index in [0.29, 0.717) is 35.8 Å². The van der Waals surface area contributed by atoms with Crippen LogP contribution in [0, 0.1) is 5.82 Å². The maximum atomic E-state index is 14.5. The first-order valence-electron chi connectivity index (χ1n) is 13.0. The lowest BCUT2D eigenvalue weighted by Crippen LogP contribution is -2.35. The summed E-state index contributed by atoms with van der Waals surface area (Å²) in [7, 11) is -3.37. The fraction of sp³-hybridized carbons (Fsp3) is 0.200. The van der Waals surface area contributed by atoms with Crippen LogP contribution in [0.2, 0.25) is 0 Å². The molecule has 1 aliphatic heterocycles. The summed E-state index contributed by atoms with van der Waals surface area (Å²) in [5.41, 5.74) is 1.14. The Balaban J connectivity index is 1.53. The van der Waals surface area contributed by atoms with Gasteiger partial charge in [-0.2, -0.15) is 8.42 Å². The number of hydrogen-bond donors (Lipinski definition) is 2. The fourth-order valence-electron chi connectivity index (χ4n) is 4.57. The second-order valence-electron chi connectivity index (χ2n) is 9.44. The molecule has 5 rings (SSSR count). The van der Waals surface area contributed by atoms with Crippen molar-refractivity contribution in [3.8, 4) is 22.6 Å². The minimum Gasteiger partial charge on any atom is -0.493 e. The van der Waals surface area contributed by atoms with Crippen molar-refractivity contribution in [2.45, 2.75) is 30.6 Å². The molecule has 0 saturated carbocycles. The largest absolute Gasteiger partial charge is 0.493 e. The molecule has 12 heteroatoms. The SMILES string of the molecule is COc1ccc(NC(=O)N(Cc2cccnc2)c2ccc(-c3ccccc3F)cc2S(=O)(=O)O)cc1OC1CCCO1. The summed E-state index contributed by atoms with van der Waals surface area (Å²) < 4.78 is 66.7. The number of ether oxygens (including phenoxy) is 3. The van der Waals surface area contributed by atoms with Gasteiger partial charge in [0.25, 0.3) is 10.1 Å². The molecule has 0 bridgehead atoms. The molecule has 0 radical (unpaired) electrons. The molecular formula is C30H28FN3O7S. The molecule has 0 aliphatic carbocycles. The van der Waals surface area contributed by atoms with Gasteiger partial charge in [0, 0.05) is 36.1 Å². The molecule has 3 aromatic carbocycles. The molecule has 1 aliphatic rings. The predicted molar refractivity (Wildman–Crippen MR) is 154 cm³/mol. The van der Waals surface area contributed by atoms with E-state index in [-0.39, 0.29) is 23.4 Å². The lowest BCUT2D eigenvalue weighted by molar-refractivity contribution is -0.0402. The van der Waals surface area contributed by atoms with E-state index in [1.54, 1.807) is 42.6 Å². The van der Waals surface area contributed by atoms with Gasteiger partial charge in [0.2, 0.25) is 0 Å². The number of urea groups is 1. The van der Waals surface area contributed by atoms with Crippen molar-refractivity contribution in [3.63, 3.8) is 0 Å². The number of nitrogens with zero attached hydrogens (tertiary/aromatic N) is 2. The van der Waals surface area contributed by atoms with Crippen LogP contribution >= 0.6 is 0 Å². The average molecular weight is 594 g/mol. The highest BCUT2D eigenvalue weighted by atomic mass is 32.2. The van der Waals surface area contributed by atoms with E-state index >= 15 is 0 Å². The van der Waals surface area contributed by atoms with Crippen LogP contribution in [-0.2, 0) is 21.4 Å². The van der Waals surface area contributed by atoms with Crippen molar-refractivity contribution in [1.82, 2.24) is 4.98 Å². The summed E-state index contributed by atoms with van der Waals surface area (Å²) in [4.78, 5) is 18.4. The number of hydrogen-bond acceptors (Lipinski definition) is 7. The maximum Gasteiger partial charge on any atom is 0.326 e. The molecule has 10 nitrogen and oxygen atoms in total. The van der Waals surface area contributed by atoms with E-state index in [1.165, 1.54) is 43.6 Å². The summed E-state index contributed by atoms with van der Waals surface area (Å²) in [6, 6.07) is 17.3. The average Bonchev–Trinajstić information content (AvgIpc) is 3.49. The highest BCUT2D eigenvalue weighted by molar-refractivity contribution is 7.86. The monoisotopic (exact) mass is 593 g/mol. The second-order valence-corrected chi connectivity index (χ2v) is 10.8. The molecule has 1 aromatic heterocycles. The highest BCUT2D eigenvalue weighted by Gasteiger charge is 2.27. The van der Waals surface area contributed by atoms with Crippen LogP contribution < -0.4 is 19.7 Å². The van der Waals surface area contributed by atoms with Gasteiger partial charge in [0.05, 0.1) is 25.9 Å². The number of carbonyl (C=O) groups is 1. The van der Waals surface area contributed by atoms with Crippen molar-refractivity contribution in [2.24, 2.45) is 0 Å². The van der Waals surface area contributed by atoms with Gasteiger partial charge in [-0.25, -0.2) is 9.18 Å². The Hall–Kier alpha value is -4.52. The number of aromatic nitrogens is 1. The van der Waals surface area contributed by atoms with Gasteiger partial charge in [-0.1, -0.05) is 30.3 Å². The summed E-state index contributed by atoms with van der Waals surface area (Å²) in [5, 5.41) is 2.77. The van der Waals surface area contributed by atoms with Gasteiger partial charge in [-0.05, 0) is 53.9 Å². The van der Waals surface area contributed by atoms with E-state index in [9.17, 15) is 22.2 Å². The Kier molecular flexibility index (Phi) is 8.67. The number of pyridine rings is 1. The molecule has 1 saturated heterocycles. The minimum absolute atomic E-state index is 0.101. The number of rotatable bonds is 9. The van der Waals surface area contributed by atoms with E-state index in [0.717, 1.165) is 17.4 Å². The van der Waals surface area contributed by atoms with Crippen LogP contribution in [0.1, 0.15) is 18.4 Å². The van der Waals surface area contributed by atoms with Gasteiger partial charge >= 0.3 is 6.03 Å². The minimum atomic E-state index is -4.86. The summed E-state index contributed by atoms with van der Waals surface area (Å²) >= 11 is 0. The fourth-order valence-corrected chi connectivity index (χ4v) is 5.29. The van der Waals surface area contributed by atoms with Gasteiger partial charge in [-0.15, -0.1) is 0 Å². The summed E-state index contributed by atoms with van der Waals surface area (Å²) in [5.74, 6) is 0.221. The van der Waals surface area contributed by atoms with Gasteiger partial charge < -0.3 is 19.5 Å². The molecule has 42 heavy (non-hydrogen) atoms. The molecule has 218 valence electrons. The van der Waals surface area contributed by atoms with E-state index < -0.39 is 33.2 Å². The number of halogens is 1. The maximum absolute atomic E-state index is 14.5. The van der Waals surface area contributed by atoms with Gasteiger partial charge in [0.1, 0.15) is 10.7 Å². The quantitative estimate of drug-likeness (QED) is 0.230. The zero-order valence-corrected chi connectivity index (χ0v) is 23.4. The summed E-state index contributed by atoms with van der Waals surface area (Å²) in [6.07, 6.45) is 4.21. The third kappa shape index (κ3) is 6.68. The van der Waals surface area contributed by atoms with Gasteiger partial charge in [0.15, 0.2) is 17.8 Å². The molecule has 2 amide bonds. The number of anilines is 2. The van der Waals surface area contributed by atoms with Gasteiger partial charge in [-0.3, -0.25) is 14.4 Å². The predicted octanol–water partition coefficient (Wildman–Crippen LogP) is 5.90. The molecule has 1 unspecified atom stereocenters. The molecule has 1 fully saturated rings. The molecule has 2 heterocycles. The number of benzene rings is 3. The van der Waals surface area contributed by atoms with Crippen LogP contribution in [0.4, 0.5) is 20.6 Å². The third-order valence-electron chi connectivity index (χ3n) is 6.58. The van der Waals surface area contributed by atoms with Crippen molar-refractivity contribution >= 4 is 27.5 Å². The topological polar surface area (TPSA) is 127 Å². The normalized spacial score (nSPS) is 14.8. The van der Waals surface area contributed by atoms with Crippen molar-refractivity contribution in [2.75, 3.05) is 23.9 Å². The zero-order valence-electron chi connectivity index (χ0n) is 22.6. The Morgan fingerprint density at radius 2 is 1.95 bits per heavy atom. The van der Waals surface area contributed by atoms with Crippen LogP contribution in [0.15, 0.2) is 90.1 Å². The summed E-state index contributed by atoms with van der Waals surface area (Å²) in [6.45, 7) is 0.481. The number of carbonyl (C=O) groups excluding carboxylic acids is 1. The molecule has 2 N–H and O–H groups in total. The molecule has 1 atom stereocenters. The Labute approximate surface area is 242 Å². The Bertz CT molecular complexity index is 1680. The smallest absolute Gasteiger partial charge is 0.326 e. The molecule has 0 spiro atoms. The highest BCUT2D eigenvalue weighted by Crippen LogP contribution is 2.35. The first-order chi connectivity index (χ1) is 20.2. The number of nitrogens with one attached hydrogen (secondary N) is 1. The Morgan fingerprint density at radius 1 is 1.12 bits per heavy atom. The zero-order chi connectivity index (χ0) is 29.7. The number of amides is 2. The Morgan fingerprint density at radius 3 is 2.64 bits per heavy atom. The first-order valence-corrected chi connectivity index (χ1v) is 14.5. The number of methoxy groups -OCH3 is 1. The van der Waals surface area contributed by atoms with E-state index in [4.69, 9.17) is 14.2 Å². The lowest BCUT2D eigenvalue weighted by Gasteiger charge is -2.26. The molecule has 4 aromatic rings. The van der Waals surface area contributed by atoms with Crippen molar-refractivity contribution in [1.29, 1.82) is 0 Å². The first kappa shape index (κ1) is 29.0. The van der Waals surface area contributed by atoms with Crippen LogP contribution in [0.5, 0.6) is 11.5 Å². The van der Waals surface area contributed by atoms with Crippen molar-refractivity contribution < 1.29 is 36.4 Å². The van der Waals surface area contributed by atoms with E-state index in [1.807, 2.05) is 0 Å². The second kappa shape index (κ2) is 12.6. The van der Waals surface area contributed by atoms with Crippen LogP contribution in [0.3, 0.4) is 0 Å². The van der Waals surface area contributed by atoms with Crippen LogP contribution in [0.25, 0.3) is 11.1 Å². The van der Waals surface area contributed by atoms with Crippen LogP contribution in [-0.4, -0.2) is 44.0 Å². The molecular weight excluding hydrogens is 565 g/mol. The standard InChI is InChI=1S/C30H28FN3O7S/c1-39-26-13-11-22(17-27(26)41-29-9-5-15-40-29)33-30(35)34(19-20-6-4-14-32-18-20)25-12-10-21(16-28(25)42(36,37)38)23-7-2-3-8-24(23)31/h2-4,6-8,10-14,16-18,29H,5,9,15,19H2,1H3,(H,33,35)(H,36,37,38). The third-order valence-corrected chi connectivity index (χ3v) is 7.47. The van der Waals surface area contributed by atoms with E-state index in [2.05, 4.69) is 10.3 Å². The van der Waals surface area contributed by atoms with Crippen molar-refractivity contribution in [3.05, 3.63) is 96.6 Å².